The number of nitrogens with one attached hydrogen (secondary N) is 1. The summed E-state index contributed by atoms with van der Waals surface area (Å²) in [7, 11) is 2.04. The van der Waals surface area contributed by atoms with E-state index in [1.807, 2.05) is 25.2 Å². The second-order valence-corrected chi connectivity index (χ2v) is 6.71. The van der Waals surface area contributed by atoms with Crippen LogP contribution in [0.25, 0.3) is 0 Å². The van der Waals surface area contributed by atoms with E-state index in [-0.39, 0.29) is 17.2 Å². The molecular weight excluding hydrogens is 341 g/mol. The number of benzene rings is 1. The number of carbonyl (C=O) groups excluding carboxylic acids is 1. The van der Waals surface area contributed by atoms with E-state index in [1.54, 1.807) is 0 Å². The normalized spacial score (nSPS) is 15.2. The van der Waals surface area contributed by atoms with Crippen molar-refractivity contribution in [1.29, 1.82) is 0 Å². The average Bonchev–Trinajstić information content (AvgIpc) is 2.62. The van der Waals surface area contributed by atoms with E-state index in [2.05, 4.69) is 15.2 Å². The number of nitrogens with zero attached hydrogens (tertiary/aromatic N) is 2. The van der Waals surface area contributed by atoms with Crippen molar-refractivity contribution in [1.82, 2.24) is 10.3 Å². The van der Waals surface area contributed by atoms with Crippen LogP contribution in [0.15, 0.2) is 36.4 Å². The molecule has 1 aliphatic heterocycles. The molecule has 0 radical (unpaired) electrons. The topological polar surface area (TPSA) is 45.2 Å². The Morgan fingerprint density at radius 3 is 2.80 bits per heavy atom. The van der Waals surface area contributed by atoms with Crippen LogP contribution in [-0.2, 0) is 6.42 Å². The molecule has 1 fully saturated rings. The van der Waals surface area contributed by atoms with E-state index >= 15 is 0 Å². The molecule has 0 saturated carbocycles. The molecular formula is C19H21ClFN3O. The molecule has 1 N–H and O–H groups in total. The molecule has 0 atom stereocenters. The number of ketones is 1. The van der Waals surface area contributed by atoms with Gasteiger partial charge >= 0.3 is 0 Å². The fourth-order valence-electron chi connectivity index (χ4n) is 3.12. The van der Waals surface area contributed by atoms with E-state index < -0.39 is 5.82 Å². The average molecular weight is 362 g/mol. The van der Waals surface area contributed by atoms with Crippen LogP contribution in [0, 0.1) is 5.82 Å². The Balaban J connectivity index is 1.73. The minimum absolute atomic E-state index is 0.132. The van der Waals surface area contributed by atoms with Crippen molar-refractivity contribution in [3.63, 3.8) is 0 Å². The maximum Gasteiger partial charge on any atom is 0.170 e. The SMILES string of the molecule is CN(c1cccc(CC(=O)c2ccc(F)cc2Cl)n1)C1CCNCC1. The highest BCUT2D eigenvalue weighted by Crippen LogP contribution is 2.21. The van der Waals surface area contributed by atoms with Crippen molar-refractivity contribution in [2.75, 3.05) is 25.0 Å². The molecule has 132 valence electrons. The van der Waals surface area contributed by atoms with Gasteiger partial charge in [0.1, 0.15) is 11.6 Å². The van der Waals surface area contributed by atoms with Gasteiger partial charge in [-0.15, -0.1) is 0 Å². The Bertz CT molecular complexity index is 762. The van der Waals surface area contributed by atoms with Gasteiger partial charge in [0.05, 0.1) is 17.1 Å². The molecule has 0 spiro atoms. The molecule has 1 aromatic heterocycles. The van der Waals surface area contributed by atoms with Crippen molar-refractivity contribution in [3.05, 3.63) is 58.5 Å². The summed E-state index contributed by atoms with van der Waals surface area (Å²) in [6.07, 6.45) is 2.29. The summed E-state index contributed by atoms with van der Waals surface area (Å²) in [5, 5.41) is 3.49. The van der Waals surface area contributed by atoms with Gasteiger partial charge in [0.2, 0.25) is 0 Å². The lowest BCUT2D eigenvalue weighted by Crippen LogP contribution is -2.41. The van der Waals surface area contributed by atoms with Gasteiger partial charge in [-0.3, -0.25) is 4.79 Å². The van der Waals surface area contributed by atoms with Crippen molar-refractivity contribution < 1.29 is 9.18 Å². The minimum atomic E-state index is -0.453. The van der Waals surface area contributed by atoms with Crippen LogP contribution in [0.3, 0.4) is 0 Å². The third kappa shape index (κ3) is 4.35. The highest BCUT2D eigenvalue weighted by molar-refractivity contribution is 6.34. The van der Waals surface area contributed by atoms with E-state index in [0.29, 0.717) is 17.3 Å². The number of rotatable bonds is 5. The molecule has 2 aromatic rings. The Kier molecular flexibility index (Phi) is 5.66. The van der Waals surface area contributed by atoms with Gasteiger partial charge in [0, 0.05) is 18.7 Å². The molecule has 2 heterocycles. The van der Waals surface area contributed by atoms with Crippen LogP contribution in [0.1, 0.15) is 28.9 Å². The monoisotopic (exact) mass is 361 g/mol. The zero-order valence-electron chi connectivity index (χ0n) is 14.1. The van der Waals surface area contributed by atoms with Crippen LogP contribution >= 0.6 is 11.6 Å². The molecule has 3 rings (SSSR count). The van der Waals surface area contributed by atoms with Crippen molar-refractivity contribution in [2.24, 2.45) is 0 Å². The van der Waals surface area contributed by atoms with E-state index in [9.17, 15) is 9.18 Å². The number of hydrogen-bond acceptors (Lipinski definition) is 4. The van der Waals surface area contributed by atoms with Crippen molar-refractivity contribution in [2.45, 2.75) is 25.3 Å². The fourth-order valence-corrected chi connectivity index (χ4v) is 3.39. The third-order valence-corrected chi connectivity index (χ3v) is 4.90. The molecule has 1 aromatic carbocycles. The first-order valence-electron chi connectivity index (χ1n) is 8.42. The second-order valence-electron chi connectivity index (χ2n) is 6.30. The number of halogens is 2. The molecule has 0 amide bonds. The van der Waals surface area contributed by atoms with Gasteiger partial charge in [0.15, 0.2) is 5.78 Å². The van der Waals surface area contributed by atoms with Crippen LogP contribution in [-0.4, -0.2) is 36.9 Å². The molecule has 4 nitrogen and oxygen atoms in total. The van der Waals surface area contributed by atoms with Gasteiger partial charge in [-0.1, -0.05) is 17.7 Å². The Labute approximate surface area is 152 Å². The number of anilines is 1. The zero-order chi connectivity index (χ0) is 17.8. The van der Waals surface area contributed by atoms with E-state index in [4.69, 9.17) is 11.6 Å². The number of carbonyl (C=O) groups is 1. The van der Waals surface area contributed by atoms with Crippen molar-refractivity contribution in [3.8, 4) is 0 Å². The predicted octanol–water partition coefficient (Wildman–Crippen LogP) is 3.49. The number of aromatic nitrogens is 1. The first-order chi connectivity index (χ1) is 12.0. The lowest BCUT2D eigenvalue weighted by molar-refractivity contribution is 0.0992. The maximum absolute atomic E-state index is 13.1. The summed E-state index contributed by atoms with van der Waals surface area (Å²) >= 11 is 5.98. The summed E-state index contributed by atoms with van der Waals surface area (Å²) in [6.45, 7) is 2.02. The molecule has 6 heteroatoms. The van der Waals surface area contributed by atoms with Gasteiger partial charge in [-0.05, 0) is 56.3 Å². The highest BCUT2D eigenvalue weighted by atomic mass is 35.5. The summed E-state index contributed by atoms with van der Waals surface area (Å²) in [6, 6.07) is 9.97. The molecule has 25 heavy (non-hydrogen) atoms. The molecule has 0 bridgehead atoms. The van der Waals surface area contributed by atoms with Crippen LogP contribution in [0.5, 0.6) is 0 Å². The summed E-state index contributed by atoms with van der Waals surface area (Å²) < 4.78 is 13.1. The van der Waals surface area contributed by atoms with Crippen LogP contribution in [0.4, 0.5) is 10.2 Å². The Morgan fingerprint density at radius 1 is 1.32 bits per heavy atom. The van der Waals surface area contributed by atoms with E-state index in [1.165, 1.54) is 12.1 Å². The third-order valence-electron chi connectivity index (χ3n) is 4.58. The largest absolute Gasteiger partial charge is 0.357 e. The first-order valence-corrected chi connectivity index (χ1v) is 8.80. The van der Waals surface area contributed by atoms with Gasteiger partial charge in [0.25, 0.3) is 0 Å². The van der Waals surface area contributed by atoms with E-state index in [0.717, 1.165) is 37.8 Å². The molecule has 1 saturated heterocycles. The molecule has 0 aliphatic carbocycles. The van der Waals surface area contributed by atoms with Crippen molar-refractivity contribution >= 4 is 23.2 Å². The van der Waals surface area contributed by atoms with Gasteiger partial charge < -0.3 is 10.2 Å². The lowest BCUT2D eigenvalue weighted by Gasteiger charge is -2.32. The fraction of sp³-hybridized carbons (Fsp3) is 0.368. The number of Topliss-reactive ketones (excluding diaryl/α,β-unsaturated/α-hetero) is 1. The number of piperidine rings is 1. The number of pyridine rings is 1. The quantitative estimate of drug-likeness (QED) is 0.828. The Hall–Kier alpha value is -1.98. The van der Waals surface area contributed by atoms with Gasteiger partial charge in [-0.25, -0.2) is 9.37 Å². The zero-order valence-corrected chi connectivity index (χ0v) is 14.9. The second kappa shape index (κ2) is 7.93. The predicted molar refractivity (Wildman–Crippen MR) is 98.0 cm³/mol. The first kappa shape index (κ1) is 17.8. The summed E-state index contributed by atoms with van der Waals surface area (Å²) in [5.74, 6) is 0.242. The van der Waals surface area contributed by atoms with Crippen LogP contribution < -0.4 is 10.2 Å². The smallest absolute Gasteiger partial charge is 0.170 e. The standard InChI is InChI=1S/C19H21ClFN3O/c1-24(15-7-9-22-10-8-15)19-4-2-3-14(23-19)12-18(25)16-6-5-13(21)11-17(16)20/h2-6,11,15,22H,7-10,12H2,1H3. The van der Waals surface area contributed by atoms with Crippen LogP contribution in [0.2, 0.25) is 5.02 Å². The van der Waals surface area contributed by atoms with Gasteiger partial charge in [-0.2, -0.15) is 0 Å². The molecule has 0 unspecified atom stereocenters. The summed E-state index contributed by atoms with van der Waals surface area (Å²) in [5.41, 5.74) is 1.01. The molecule has 1 aliphatic rings. The Morgan fingerprint density at radius 2 is 2.08 bits per heavy atom. The highest BCUT2D eigenvalue weighted by Gasteiger charge is 2.19. The maximum atomic E-state index is 13.1. The summed E-state index contributed by atoms with van der Waals surface area (Å²) in [4.78, 5) is 19.3. The number of hydrogen-bond donors (Lipinski definition) is 1. The lowest BCUT2D eigenvalue weighted by atomic mass is 10.0. The minimum Gasteiger partial charge on any atom is -0.357 e.